The number of H-pyrrole nitrogens is 1. The van der Waals surface area contributed by atoms with Crippen molar-refractivity contribution in [2.75, 3.05) is 18.9 Å². The number of imidazole rings is 1. The number of esters is 1. The Morgan fingerprint density at radius 3 is 2.77 bits per heavy atom. The Balaban J connectivity index is 0.00000338. The molecule has 0 spiro atoms. The van der Waals surface area contributed by atoms with Crippen LogP contribution in [0, 0.1) is 5.92 Å². The molecule has 0 bridgehead atoms. The minimum Gasteiger partial charge on any atom is -0.462 e. The summed E-state index contributed by atoms with van der Waals surface area (Å²) >= 11 is 0. The Kier molecular flexibility index (Phi) is 7.96. The van der Waals surface area contributed by atoms with Crippen molar-refractivity contribution in [2.45, 2.75) is 32.7 Å². The molecule has 11 nitrogen and oxygen atoms in total. The van der Waals surface area contributed by atoms with Gasteiger partial charge in [-0.15, -0.1) is 12.4 Å². The third kappa shape index (κ3) is 5.14. The summed E-state index contributed by atoms with van der Waals surface area (Å²) in [6, 6.07) is -0.740. The molecule has 0 aromatic carbocycles. The maximum atomic E-state index is 11.7. The maximum Gasteiger partial charge on any atom is 0.323 e. The highest BCUT2D eigenvalue weighted by Gasteiger charge is 2.21. The van der Waals surface area contributed by atoms with E-state index >= 15 is 0 Å². The highest BCUT2D eigenvalue weighted by Crippen LogP contribution is 2.08. The predicted octanol–water partition coefficient (Wildman–Crippen LogP) is -1.01. The van der Waals surface area contributed by atoms with Gasteiger partial charge >= 0.3 is 5.97 Å². The van der Waals surface area contributed by atoms with Gasteiger partial charge in [-0.1, -0.05) is 13.8 Å². The largest absolute Gasteiger partial charge is 0.462 e. The molecule has 0 saturated heterocycles. The first kappa shape index (κ1) is 21.8. The molecule has 12 heteroatoms. The van der Waals surface area contributed by atoms with Gasteiger partial charge in [-0.2, -0.15) is 4.98 Å². The first-order valence-electron chi connectivity index (χ1n) is 7.68. The van der Waals surface area contributed by atoms with Gasteiger partial charge in [-0.25, -0.2) is 4.98 Å². The van der Waals surface area contributed by atoms with Gasteiger partial charge in [0.2, 0.25) is 5.95 Å². The van der Waals surface area contributed by atoms with E-state index in [4.69, 9.17) is 20.9 Å². The van der Waals surface area contributed by atoms with Crippen LogP contribution in [0.5, 0.6) is 0 Å². The zero-order valence-electron chi connectivity index (χ0n) is 14.4. The van der Waals surface area contributed by atoms with E-state index in [-0.39, 0.29) is 55.4 Å². The fraction of sp³-hybridized carbons (Fsp3) is 0.571. The van der Waals surface area contributed by atoms with Crippen molar-refractivity contribution in [1.29, 1.82) is 0 Å². The van der Waals surface area contributed by atoms with Gasteiger partial charge in [0.05, 0.1) is 12.9 Å². The number of aliphatic hydroxyl groups is 1. The zero-order chi connectivity index (χ0) is 18.6. The number of nitrogen functional groups attached to an aromatic ring is 1. The van der Waals surface area contributed by atoms with Crippen molar-refractivity contribution in [3.05, 3.63) is 16.7 Å². The smallest absolute Gasteiger partial charge is 0.323 e. The van der Waals surface area contributed by atoms with Crippen LogP contribution in [0.2, 0.25) is 0 Å². The number of hydrogen-bond acceptors (Lipinski definition) is 9. The van der Waals surface area contributed by atoms with Gasteiger partial charge < -0.3 is 26.0 Å². The van der Waals surface area contributed by atoms with E-state index in [9.17, 15) is 14.7 Å². The van der Waals surface area contributed by atoms with E-state index in [2.05, 4.69) is 15.0 Å². The molecule has 0 amide bonds. The van der Waals surface area contributed by atoms with Gasteiger partial charge in [0.1, 0.15) is 25.5 Å². The van der Waals surface area contributed by atoms with Gasteiger partial charge in [0.15, 0.2) is 11.2 Å². The van der Waals surface area contributed by atoms with Crippen LogP contribution >= 0.6 is 12.4 Å². The average Bonchev–Trinajstić information content (AvgIpc) is 2.97. The standard InChI is InChI=1S/C14H22N6O5.ClH/c1-7(2)9(15)13(23)24-4-8(3-21)25-6-20-5-17-10-11(20)18-14(16)19-12(10)22;/h5,7-9,21H,3-4,6,15H2,1-2H3,(H3,16,18,19,22);1H/t8-,9+;/m1./s1. The second kappa shape index (κ2) is 9.48. The summed E-state index contributed by atoms with van der Waals surface area (Å²) in [5.74, 6) is -0.673. The number of aromatic amines is 1. The molecule has 0 aliphatic heterocycles. The fourth-order valence-corrected chi connectivity index (χ4v) is 1.95. The molecule has 0 fully saturated rings. The van der Waals surface area contributed by atoms with Crippen LogP contribution in [-0.2, 0) is 21.0 Å². The summed E-state index contributed by atoms with van der Waals surface area (Å²) in [7, 11) is 0. The van der Waals surface area contributed by atoms with Crippen LogP contribution in [0.3, 0.4) is 0 Å². The van der Waals surface area contributed by atoms with E-state index in [1.807, 2.05) is 0 Å². The molecule has 6 N–H and O–H groups in total. The normalized spacial score (nSPS) is 13.4. The number of ether oxygens (including phenoxy) is 2. The monoisotopic (exact) mass is 390 g/mol. The zero-order valence-corrected chi connectivity index (χ0v) is 15.2. The predicted molar refractivity (Wildman–Crippen MR) is 95.5 cm³/mol. The number of halogens is 1. The van der Waals surface area contributed by atoms with Crippen molar-refractivity contribution in [2.24, 2.45) is 11.7 Å². The van der Waals surface area contributed by atoms with Crippen LogP contribution in [0.25, 0.3) is 11.2 Å². The minimum absolute atomic E-state index is 0. The maximum absolute atomic E-state index is 11.7. The average molecular weight is 391 g/mol. The molecule has 146 valence electrons. The van der Waals surface area contributed by atoms with E-state index < -0.39 is 23.7 Å². The first-order chi connectivity index (χ1) is 11.8. The molecule has 26 heavy (non-hydrogen) atoms. The quantitative estimate of drug-likeness (QED) is 0.412. The number of fused-ring (bicyclic) bond motifs is 1. The van der Waals surface area contributed by atoms with Crippen LogP contribution in [0.1, 0.15) is 13.8 Å². The van der Waals surface area contributed by atoms with Gasteiger partial charge in [-0.3, -0.25) is 19.1 Å². The van der Waals surface area contributed by atoms with Gasteiger partial charge in [-0.05, 0) is 5.92 Å². The lowest BCUT2D eigenvalue weighted by Gasteiger charge is -2.19. The van der Waals surface area contributed by atoms with Gasteiger partial charge in [0.25, 0.3) is 5.56 Å². The second-order valence-electron chi connectivity index (χ2n) is 5.84. The Morgan fingerprint density at radius 1 is 1.46 bits per heavy atom. The molecule has 2 aromatic rings. The minimum atomic E-state index is -0.764. The van der Waals surface area contributed by atoms with E-state index in [1.165, 1.54) is 10.9 Å². The molecule has 2 heterocycles. The number of aliphatic hydroxyl groups excluding tert-OH is 1. The third-order valence-electron chi connectivity index (χ3n) is 3.55. The molecule has 0 aliphatic carbocycles. The lowest BCUT2D eigenvalue weighted by Crippen LogP contribution is -2.39. The number of rotatable bonds is 8. The van der Waals surface area contributed by atoms with Crippen molar-refractivity contribution in [1.82, 2.24) is 19.5 Å². The Hall–Kier alpha value is -2.21. The number of carbonyl (C=O) groups is 1. The number of hydrogen-bond donors (Lipinski definition) is 4. The lowest BCUT2D eigenvalue weighted by atomic mass is 10.1. The van der Waals surface area contributed by atoms with Gasteiger partial charge in [0, 0.05) is 0 Å². The summed E-state index contributed by atoms with van der Waals surface area (Å²) in [6.45, 7) is 3.02. The van der Waals surface area contributed by atoms with Crippen molar-refractivity contribution in [3.63, 3.8) is 0 Å². The number of nitrogens with two attached hydrogens (primary N) is 2. The van der Waals surface area contributed by atoms with Crippen molar-refractivity contribution < 1.29 is 19.4 Å². The number of anilines is 1. The molecule has 0 unspecified atom stereocenters. The lowest BCUT2D eigenvalue weighted by molar-refractivity contribution is -0.153. The molecule has 0 aliphatic rings. The van der Waals surface area contributed by atoms with Crippen molar-refractivity contribution >= 4 is 35.5 Å². The molecule has 0 radical (unpaired) electrons. The van der Waals surface area contributed by atoms with E-state index in [0.717, 1.165) is 0 Å². The molecule has 0 saturated carbocycles. The molecular weight excluding hydrogens is 368 g/mol. The summed E-state index contributed by atoms with van der Waals surface area (Å²) < 4.78 is 12.0. The van der Waals surface area contributed by atoms with Crippen LogP contribution < -0.4 is 17.0 Å². The Bertz CT molecular complexity index is 792. The Morgan fingerprint density at radius 2 is 2.15 bits per heavy atom. The van der Waals surface area contributed by atoms with Crippen LogP contribution in [0.4, 0.5) is 5.95 Å². The summed E-state index contributed by atoms with van der Waals surface area (Å²) in [4.78, 5) is 33.7. The summed E-state index contributed by atoms with van der Waals surface area (Å²) in [5.41, 5.74) is 11.1. The number of carbonyl (C=O) groups excluding carboxylic acids is 1. The highest BCUT2D eigenvalue weighted by molar-refractivity contribution is 5.85. The number of nitrogens with one attached hydrogen (secondary N) is 1. The summed E-state index contributed by atoms with van der Waals surface area (Å²) in [5, 5.41) is 9.35. The van der Waals surface area contributed by atoms with E-state index in [1.54, 1.807) is 13.8 Å². The summed E-state index contributed by atoms with van der Waals surface area (Å²) in [6.07, 6.45) is 0.599. The molecule has 2 rings (SSSR count). The van der Waals surface area contributed by atoms with Crippen molar-refractivity contribution in [3.8, 4) is 0 Å². The molecule has 2 aromatic heterocycles. The second-order valence-corrected chi connectivity index (χ2v) is 5.84. The third-order valence-corrected chi connectivity index (χ3v) is 3.55. The molecule has 2 atom stereocenters. The fourth-order valence-electron chi connectivity index (χ4n) is 1.95. The topological polar surface area (TPSA) is 171 Å². The molecular formula is C14H23ClN6O5. The van der Waals surface area contributed by atoms with Crippen LogP contribution in [-0.4, -0.2) is 56.0 Å². The highest BCUT2D eigenvalue weighted by atomic mass is 35.5. The Labute approximate surface area is 155 Å². The number of nitrogens with zero attached hydrogens (tertiary/aromatic N) is 3. The number of aromatic nitrogens is 4. The SMILES string of the molecule is CC(C)[C@H](N)C(=O)OC[C@@H](CO)OCn1cnc2c(=O)[nH]c(N)nc21.Cl. The first-order valence-corrected chi connectivity index (χ1v) is 7.68. The van der Waals surface area contributed by atoms with Crippen LogP contribution in [0.15, 0.2) is 11.1 Å². The van der Waals surface area contributed by atoms with E-state index in [0.29, 0.717) is 0 Å².